The number of nitrogens with zero attached hydrogens (tertiary/aromatic N) is 3. The number of benzene rings is 2. The van der Waals surface area contributed by atoms with Gasteiger partial charge in [0.1, 0.15) is 0 Å². The molecule has 2 aliphatic heterocycles. The number of carbonyl (C=O) groups is 1. The van der Waals surface area contributed by atoms with Crippen LogP contribution in [0.2, 0.25) is 5.02 Å². The average molecular weight is 464 g/mol. The number of morpholine rings is 1. The normalized spacial score (nSPS) is 18.3. The zero-order valence-corrected chi connectivity index (χ0v) is 19.0. The predicted octanol–water partition coefficient (Wildman–Crippen LogP) is 2.63. The lowest BCUT2D eigenvalue weighted by Crippen LogP contribution is -2.48. The molecule has 4 rings (SSSR count). The molecular formula is C22H26ClN3O4S. The summed E-state index contributed by atoms with van der Waals surface area (Å²) in [5, 5.41) is 0.657. The fourth-order valence-corrected chi connectivity index (χ4v) is 5.57. The number of rotatable bonds is 4. The Bertz CT molecular complexity index is 1060. The molecule has 0 N–H and O–H groups in total. The number of hydrogen-bond donors (Lipinski definition) is 0. The third-order valence-corrected chi connectivity index (χ3v) is 7.92. The van der Waals surface area contributed by atoms with Gasteiger partial charge in [0.25, 0.3) is 5.91 Å². The van der Waals surface area contributed by atoms with Crippen molar-refractivity contribution < 1.29 is 17.9 Å². The molecule has 2 heterocycles. The summed E-state index contributed by atoms with van der Waals surface area (Å²) in [6, 6.07) is 12.4. The maximum atomic E-state index is 13.3. The first-order chi connectivity index (χ1) is 14.9. The molecule has 2 aliphatic rings. The van der Waals surface area contributed by atoms with Crippen LogP contribution in [0.1, 0.15) is 15.9 Å². The van der Waals surface area contributed by atoms with Crippen LogP contribution in [0.4, 0.5) is 5.69 Å². The fraction of sp³-hybridized carbons (Fsp3) is 0.409. The van der Waals surface area contributed by atoms with E-state index in [1.165, 1.54) is 10.4 Å². The maximum Gasteiger partial charge on any atom is 0.254 e. The molecule has 0 aromatic heterocycles. The number of hydrogen-bond acceptors (Lipinski definition) is 5. The maximum absolute atomic E-state index is 13.3. The molecule has 0 aliphatic carbocycles. The van der Waals surface area contributed by atoms with E-state index in [9.17, 15) is 13.2 Å². The summed E-state index contributed by atoms with van der Waals surface area (Å²) in [5.74, 6) is -0.149. The average Bonchev–Trinajstić information content (AvgIpc) is 2.79. The quantitative estimate of drug-likeness (QED) is 0.697. The van der Waals surface area contributed by atoms with Crippen molar-refractivity contribution >= 4 is 33.2 Å². The molecule has 2 aromatic carbocycles. The molecule has 7 nitrogen and oxygen atoms in total. The number of sulfonamides is 1. The zero-order valence-electron chi connectivity index (χ0n) is 17.5. The Morgan fingerprint density at radius 3 is 2.35 bits per heavy atom. The Kier molecular flexibility index (Phi) is 6.52. The van der Waals surface area contributed by atoms with Gasteiger partial charge in [-0.15, -0.1) is 0 Å². The Morgan fingerprint density at radius 2 is 1.68 bits per heavy atom. The largest absolute Gasteiger partial charge is 0.378 e. The molecule has 2 fully saturated rings. The third-order valence-electron chi connectivity index (χ3n) is 5.79. The highest BCUT2D eigenvalue weighted by Crippen LogP contribution is 2.25. The van der Waals surface area contributed by atoms with Crippen molar-refractivity contribution in [1.82, 2.24) is 9.21 Å². The number of halogens is 1. The lowest BCUT2D eigenvalue weighted by atomic mass is 10.1. The molecule has 0 spiro atoms. The van der Waals surface area contributed by atoms with Gasteiger partial charge in [-0.25, -0.2) is 8.42 Å². The molecule has 31 heavy (non-hydrogen) atoms. The summed E-state index contributed by atoms with van der Waals surface area (Å²) in [5.41, 5.74) is 2.18. The Hall–Kier alpha value is -2.13. The molecule has 0 atom stereocenters. The number of piperazine rings is 1. The Balaban J connectivity index is 1.50. The van der Waals surface area contributed by atoms with E-state index in [4.69, 9.17) is 16.3 Å². The van der Waals surface area contributed by atoms with Gasteiger partial charge in [0.15, 0.2) is 0 Å². The highest BCUT2D eigenvalue weighted by Gasteiger charge is 2.30. The summed E-state index contributed by atoms with van der Waals surface area (Å²) < 4.78 is 33.4. The van der Waals surface area contributed by atoms with Crippen LogP contribution in [0.5, 0.6) is 0 Å². The molecule has 0 radical (unpaired) electrons. The van der Waals surface area contributed by atoms with E-state index < -0.39 is 10.0 Å². The molecule has 2 aromatic rings. The summed E-state index contributed by atoms with van der Waals surface area (Å²) in [7, 11) is -3.69. The topological polar surface area (TPSA) is 70.2 Å². The van der Waals surface area contributed by atoms with Crippen LogP contribution < -0.4 is 4.90 Å². The van der Waals surface area contributed by atoms with Crippen LogP contribution in [0.3, 0.4) is 0 Å². The van der Waals surface area contributed by atoms with E-state index in [0.717, 1.165) is 11.3 Å². The summed E-state index contributed by atoms with van der Waals surface area (Å²) in [6.45, 7) is 5.75. The van der Waals surface area contributed by atoms with Gasteiger partial charge in [0.2, 0.25) is 10.0 Å². The van der Waals surface area contributed by atoms with Gasteiger partial charge >= 0.3 is 0 Å². The standard InChI is InChI=1S/C22H26ClN3O4S/c1-17-5-6-20(16-21(17)22(27)25-11-13-30-14-12-25)31(28,29)26-9-7-24(8-10-26)19-4-2-3-18(23)15-19/h2-6,15-16H,7-14H2,1H3. The van der Waals surface area contributed by atoms with Crippen LogP contribution in [0, 0.1) is 6.92 Å². The van der Waals surface area contributed by atoms with Gasteiger partial charge in [-0.3, -0.25) is 4.79 Å². The first-order valence-corrected chi connectivity index (χ1v) is 12.2. The van der Waals surface area contributed by atoms with E-state index in [1.807, 2.05) is 31.2 Å². The SMILES string of the molecule is Cc1ccc(S(=O)(=O)N2CCN(c3cccc(Cl)c3)CC2)cc1C(=O)N1CCOCC1. The molecule has 0 saturated carbocycles. The number of aryl methyl sites for hydroxylation is 1. The minimum Gasteiger partial charge on any atom is -0.378 e. The van der Waals surface area contributed by atoms with Crippen molar-refractivity contribution in [3.63, 3.8) is 0 Å². The van der Waals surface area contributed by atoms with Crippen LogP contribution in [0.15, 0.2) is 47.4 Å². The van der Waals surface area contributed by atoms with Crippen LogP contribution in [0.25, 0.3) is 0 Å². The van der Waals surface area contributed by atoms with Gasteiger partial charge in [-0.05, 0) is 42.8 Å². The van der Waals surface area contributed by atoms with Crippen molar-refractivity contribution in [2.24, 2.45) is 0 Å². The van der Waals surface area contributed by atoms with Crippen LogP contribution in [-0.2, 0) is 14.8 Å². The monoisotopic (exact) mass is 463 g/mol. The number of anilines is 1. The highest BCUT2D eigenvalue weighted by molar-refractivity contribution is 7.89. The number of amides is 1. The minimum atomic E-state index is -3.69. The second-order valence-corrected chi connectivity index (χ2v) is 10.1. The van der Waals surface area contributed by atoms with Gasteiger partial charge in [0, 0.05) is 55.5 Å². The smallest absolute Gasteiger partial charge is 0.254 e. The zero-order chi connectivity index (χ0) is 22.0. The summed E-state index contributed by atoms with van der Waals surface area (Å²) in [4.78, 5) is 16.9. The number of ether oxygens (including phenoxy) is 1. The first kappa shape index (κ1) is 22.1. The van der Waals surface area contributed by atoms with E-state index in [-0.39, 0.29) is 10.8 Å². The molecule has 0 bridgehead atoms. The summed E-state index contributed by atoms with van der Waals surface area (Å²) >= 11 is 6.08. The lowest BCUT2D eigenvalue weighted by molar-refractivity contribution is 0.0302. The Morgan fingerprint density at radius 1 is 0.968 bits per heavy atom. The number of carbonyl (C=O) groups excluding carboxylic acids is 1. The minimum absolute atomic E-state index is 0.149. The lowest BCUT2D eigenvalue weighted by Gasteiger charge is -2.35. The molecule has 1 amide bonds. The molecule has 9 heteroatoms. The fourth-order valence-electron chi connectivity index (χ4n) is 3.94. The van der Waals surface area contributed by atoms with Crippen molar-refractivity contribution in [1.29, 1.82) is 0 Å². The van der Waals surface area contributed by atoms with E-state index in [0.29, 0.717) is 63.1 Å². The van der Waals surface area contributed by atoms with Crippen molar-refractivity contribution in [3.8, 4) is 0 Å². The van der Waals surface area contributed by atoms with Crippen molar-refractivity contribution in [3.05, 3.63) is 58.6 Å². The van der Waals surface area contributed by atoms with E-state index in [2.05, 4.69) is 4.90 Å². The van der Waals surface area contributed by atoms with Gasteiger partial charge in [-0.1, -0.05) is 23.7 Å². The Labute approximate surface area is 188 Å². The molecule has 2 saturated heterocycles. The third kappa shape index (κ3) is 4.72. The van der Waals surface area contributed by atoms with Gasteiger partial charge in [-0.2, -0.15) is 4.31 Å². The highest BCUT2D eigenvalue weighted by atomic mass is 35.5. The predicted molar refractivity (Wildman–Crippen MR) is 120 cm³/mol. The second kappa shape index (κ2) is 9.16. The molecule has 0 unspecified atom stereocenters. The van der Waals surface area contributed by atoms with E-state index >= 15 is 0 Å². The van der Waals surface area contributed by atoms with Crippen LogP contribution >= 0.6 is 11.6 Å². The van der Waals surface area contributed by atoms with Gasteiger partial charge in [0.05, 0.1) is 18.1 Å². The van der Waals surface area contributed by atoms with Crippen molar-refractivity contribution in [2.75, 3.05) is 57.4 Å². The van der Waals surface area contributed by atoms with Gasteiger partial charge < -0.3 is 14.5 Å². The van der Waals surface area contributed by atoms with Crippen molar-refractivity contribution in [2.45, 2.75) is 11.8 Å². The van der Waals surface area contributed by atoms with Crippen LogP contribution in [-0.4, -0.2) is 76.0 Å². The van der Waals surface area contributed by atoms with E-state index in [1.54, 1.807) is 17.0 Å². The second-order valence-electron chi connectivity index (χ2n) is 7.75. The molecular weight excluding hydrogens is 438 g/mol. The first-order valence-electron chi connectivity index (χ1n) is 10.3. The molecule has 166 valence electrons. The summed E-state index contributed by atoms with van der Waals surface area (Å²) in [6.07, 6.45) is 0.